The molecule has 0 aromatic heterocycles. The molecule has 0 amide bonds. The molecule has 0 N–H and O–H groups in total. The van der Waals surface area contributed by atoms with Gasteiger partial charge in [-0.25, -0.2) is 8.42 Å². The van der Waals surface area contributed by atoms with Crippen LogP contribution in [0.2, 0.25) is 0 Å². The third-order valence-electron chi connectivity index (χ3n) is 5.67. The molecule has 3 rings (SSSR count). The SMILES string of the molecule is CC(C)C1CN2CCCC2CN1C1(C)CCS(=O)(=O)C1. The molecule has 3 unspecified atom stereocenters. The summed E-state index contributed by atoms with van der Waals surface area (Å²) in [6, 6.07) is 1.16. The lowest BCUT2D eigenvalue weighted by atomic mass is 9.89. The summed E-state index contributed by atoms with van der Waals surface area (Å²) in [6.07, 6.45) is 3.40. The molecule has 0 aromatic carbocycles. The highest BCUT2D eigenvalue weighted by Gasteiger charge is 2.49. The zero-order chi connectivity index (χ0) is 14.5. The third-order valence-corrected chi connectivity index (χ3v) is 7.56. The number of hydrogen-bond acceptors (Lipinski definition) is 4. The minimum Gasteiger partial charge on any atom is -0.298 e. The fourth-order valence-corrected chi connectivity index (χ4v) is 6.61. The van der Waals surface area contributed by atoms with Gasteiger partial charge in [0, 0.05) is 30.7 Å². The smallest absolute Gasteiger partial charge is 0.152 e. The Bertz CT molecular complexity index is 476. The molecule has 0 saturated carbocycles. The lowest BCUT2D eigenvalue weighted by molar-refractivity contribution is -0.0301. The van der Waals surface area contributed by atoms with Crippen LogP contribution in [0.25, 0.3) is 0 Å². The largest absolute Gasteiger partial charge is 0.298 e. The van der Waals surface area contributed by atoms with E-state index in [1.54, 1.807) is 0 Å². The van der Waals surface area contributed by atoms with Crippen molar-refractivity contribution in [2.45, 2.75) is 57.7 Å². The van der Waals surface area contributed by atoms with Crippen molar-refractivity contribution in [3.05, 3.63) is 0 Å². The van der Waals surface area contributed by atoms with E-state index < -0.39 is 9.84 Å². The summed E-state index contributed by atoms with van der Waals surface area (Å²) in [4.78, 5) is 5.20. The Hall–Kier alpha value is -0.130. The van der Waals surface area contributed by atoms with E-state index in [0.29, 0.717) is 29.5 Å². The summed E-state index contributed by atoms with van der Waals surface area (Å²) >= 11 is 0. The summed E-state index contributed by atoms with van der Waals surface area (Å²) in [5, 5.41) is 0. The van der Waals surface area contributed by atoms with Crippen LogP contribution in [0.15, 0.2) is 0 Å². The van der Waals surface area contributed by atoms with E-state index in [-0.39, 0.29) is 5.54 Å². The average Bonchev–Trinajstić information content (AvgIpc) is 2.91. The molecule has 3 fully saturated rings. The Labute approximate surface area is 123 Å². The number of nitrogens with zero attached hydrogens (tertiary/aromatic N) is 2. The molecule has 3 atom stereocenters. The normalized spacial score (nSPS) is 42.2. The monoisotopic (exact) mass is 300 g/mol. The van der Waals surface area contributed by atoms with Gasteiger partial charge in [0.2, 0.25) is 0 Å². The predicted molar refractivity (Wildman–Crippen MR) is 81.6 cm³/mol. The molecule has 4 nitrogen and oxygen atoms in total. The number of piperazine rings is 1. The van der Waals surface area contributed by atoms with Crippen LogP contribution in [-0.4, -0.2) is 67.0 Å². The number of rotatable bonds is 2. The maximum absolute atomic E-state index is 12.0. The van der Waals surface area contributed by atoms with E-state index in [1.165, 1.54) is 19.4 Å². The van der Waals surface area contributed by atoms with Crippen LogP contribution in [0.1, 0.15) is 40.0 Å². The molecule has 0 spiro atoms. The zero-order valence-electron chi connectivity index (χ0n) is 13.0. The van der Waals surface area contributed by atoms with E-state index in [1.807, 2.05) is 0 Å². The van der Waals surface area contributed by atoms with Gasteiger partial charge in [0.15, 0.2) is 9.84 Å². The van der Waals surface area contributed by atoms with Gasteiger partial charge in [-0.05, 0) is 38.6 Å². The molecule has 20 heavy (non-hydrogen) atoms. The van der Waals surface area contributed by atoms with Crippen LogP contribution in [0.3, 0.4) is 0 Å². The van der Waals surface area contributed by atoms with E-state index in [4.69, 9.17) is 0 Å². The van der Waals surface area contributed by atoms with Crippen molar-refractivity contribution in [1.82, 2.24) is 9.80 Å². The predicted octanol–water partition coefficient (Wildman–Crippen LogP) is 1.37. The van der Waals surface area contributed by atoms with Crippen LogP contribution < -0.4 is 0 Å². The Morgan fingerprint density at radius 2 is 2.00 bits per heavy atom. The van der Waals surface area contributed by atoms with Crippen molar-refractivity contribution in [2.24, 2.45) is 5.92 Å². The van der Waals surface area contributed by atoms with Gasteiger partial charge in [0.25, 0.3) is 0 Å². The molecular formula is C15H28N2O2S. The van der Waals surface area contributed by atoms with Crippen molar-refractivity contribution in [3.8, 4) is 0 Å². The summed E-state index contributed by atoms with van der Waals surface area (Å²) in [6.45, 7) is 10.2. The van der Waals surface area contributed by atoms with E-state index in [9.17, 15) is 8.42 Å². The molecule has 0 aromatic rings. The zero-order valence-corrected chi connectivity index (χ0v) is 13.8. The Morgan fingerprint density at radius 1 is 1.25 bits per heavy atom. The first-order valence-corrected chi connectivity index (χ1v) is 9.84. The molecule has 3 saturated heterocycles. The second kappa shape index (κ2) is 4.96. The average molecular weight is 300 g/mol. The van der Waals surface area contributed by atoms with Crippen molar-refractivity contribution >= 4 is 9.84 Å². The van der Waals surface area contributed by atoms with Gasteiger partial charge >= 0.3 is 0 Å². The van der Waals surface area contributed by atoms with Crippen LogP contribution >= 0.6 is 0 Å². The lowest BCUT2D eigenvalue weighted by Gasteiger charge is -2.52. The highest BCUT2D eigenvalue weighted by Crippen LogP contribution is 2.37. The topological polar surface area (TPSA) is 40.6 Å². The maximum atomic E-state index is 12.0. The standard InChI is InChI=1S/C15H28N2O2S/c1-12(2)14-10-16-7-4-5-13(16)9-17(14)15(3)6-8-20(18,19)11-15/h12-14H,4-11H2,1-3H3. The Balaban J connectivity index is 1.85. The van der Waals surface area contributed by atoms with E-state index in [2.05, 4.69) is 30.6 Å². The van der Waals surface area contributed by atoms with Gasteiger partial charge < -0.3 is 0 Å². The molecule has 3 heterocycles. The highest BCUT2D eigenvalue weighted by atomic mass is 32.2. The van der Waals surface area contributed by atoms with Gasteiger partial charge in [-0.1, -0.05) is 13.8 Å². The number of hydrogen-bond donors (Lipinski definition) is 0. The van der Waals surface area contributed by atoms with Crippen molar-refractivity contribution in [2.75, 3.05) is 31.1 Å². The Morgan fingerprint density at radius 3 is 2.60 bits per heavy atom. The lowest BCUT2D eigenvalue weighted by Crippen LogP contribution is -2.64. The minimum atomic E-state index is -2.83. The molecule has 116 valence electrons. The molecule has 3 aliphatic heterocycles. The van der Waals surface area contributed by atoms with Crippen LogP contribution in [0.4, 0.5) is 0 Å². The summed E-state index contributed by atoms with van der Waals surface area (Å²) in [7, 11) is -2.83. The van der Waals surface area contributed by atoms with Crippen molar-refractivity contribution in [3.63, 3.8) is 0 Å². The van der Waals surface area contributed by atoms with Crippen LogP contribution in [-0.2, 0) is 9.84 Å². The first-order chi connectivity index (χ1) is 9.31. The van der Waals surface area contributed by atoms with Gasteiger partial charge in [-0.15, -0.1) is 0 Å². The summed E-state index contributed by atoms with van der Waals surface area (Å²) in [5.74, 6) is 1.31. The van der Waals surface area contributed by atoms with Crippen molar-refractivity contribution < 1.29 is 8.42 Å². The van der Waals surface area contributed by atoms with E-state index >= 15 is 0 Å². The first kappa shape index (κ1) is 14.8. The fourth-order valence-electron chi connectivity index (χ4n) is 4.45. The third kappa shape index (κ3) is 2.53. The molecule has 3 aliphatic rings. The molecule has 5 heteroatoms. The Kier molecular flexibility index (Phi) is 3.67. The number of fused-ring (bicyclic) bond motifs is 1. The molecule has 0 bridgehead atoms. The van der Waals surface area contributed by atoms with Gasteiger partial charge in [-0.2, -0.15) is 0 Å². The van der Waals surface area contributed by atoms with Gasteiger partial charge in [0.05, 0.1) is 11.5 Å². The van der Waals surface area contributed by atoms with Gasteiger partial charge in [-0.3, -0.25) is 9.80 Å². The number of sulfone groups is 1. The second-order valence-corrected chi connectivity index (χ2v) is 9.78. The summed E-state index contributed by atoms with van der Waals surface area (Å²) < 4.78 is 23.9. The first-order valence-electron chi connectivity index (χ1n) is 8.02. The van der Waals surface area contributed by atoms with Crippen LogP contribution in [0.5, 0.6) is 0 Å². The molecular weight excluding hydrogens is 272 g/mol. The van der Waals surface area contributed by atoms with Gasteiger partial charge in [0.1, 0.15) is 0 Å². The molecule has 0 aliphatic carbocycles. The maximum Gasteiger partial charge on any atom is 0.152 e. The highest BCUT2D eigenvalue weighted by molar-refractivity contribution is 7.91. The fraction of sp³-hybridized carbons (Fsp3) is 1.00. The minimum absolute atomic E-state index is 0.136. The van der Waals surface area contributed by atoms with Crippen molar-refractivity contribution in [1.29, 1.82) is 0 Å². The molecule has 0 radical (unpaired) electrons. The second-order valence-electron chi connectivity index (χ2n) is 7.59. The quantitative estimate of drug-likeness (QED) is 0.772. The van der Waals surface area contributed by atoms with Crippen LogP contribution in [0, 0.1) is 5.92 Å². The van der Waals surface area contributed by atoms with E-state index in [0.717, 1.165) is 19.5 Å². The summed E-state index contributed by atoms with van der Waals surface area (Å²) in [5.41, 5.74) is -0.136.